The number of pyridine rings is 2. The van der Waals surface area contributed by atoms with Crippen LogP contribution in [0.5, 0.6) is 0 Å². The van der Waals surface area contributed by atoms with E-state index < -0.39 is 41.9 Å². The number of nitrogens with one attached hydrogen (secondary N) is 1. The molecule has 0 saturated carbocycles. The van der Waals surface area contributed by atoms with Gasteiger partial charge in [-0.15, -0.1) is 0 Å². The molecule has 1 aliphatic heterocycles. The molecule has 3 heterocycles. The standard InChI is InChI=1S/C21H14ClF3N4O2/c1-10-19-13(6-11(23)8-27-19)18-16(4-5-26-20(18)25)29(21(10)31)9-17(30)28-12-2-3-14(22)15(24)7-12/h2-8,10H,9H2,1H3,(H,28,30)/t10-/m0/s1. The maximum absolute atomic E-state index is 14.7. The molecule has 31 heavy (non-hydrogen) atoms. The van der Waals surface area contributed by atoms with Crippen molar-refractivity contribution in [2.24, 2.45) is 0 Å². The molecule has 0 spiro atoms. The molecule has 0 unspecified atom stereocenters. The molecule has 2 amide bonds. The first-order valence-electron chi connectivity index (χ1n) is 9.13. The molecule has 0 bridgehead atoms. The number of benzene rings is 1. The molecule has 2 aromatic heterocycles. The van der Waals surface area contributed by atoms with Crippen molar-refractivity contribution >= 4 is 34.8 Å². The summed E-state index contributed by atoms with van der Waals surface area (Å²) in [5, 5.41) is 2.36. The molecule has 1 N–H and O–H groups in total. The molecule has 1 atom stereocenters. The molecule has 10 heteroatoms. The quantitative estimate of drug-likeness (QED) is 0.609. The Balaban J connectivity index is 1.73. The van der Waals surface area contributed by atoms with Gasteiger partial charge in [-0.3, -0.25) is 14.6 Å². The van der Waals surface area contributed by atoms with Gasteiger partial charge in [0.05, 0.1) is 34.1 Å². The first-order chi connectivity index (χ1) is 14.8. The van der Waals surface area contributed by atoms with Crippen LogP contribution in [0.3, 0.4) is 0 Å². The van der Waals surface area contributed by atoms with Crippen molar-refractivity contribution in [1.82, 2.24) is 9.97 Å². The van der Waals surface area contributed by atoms with Crippen LogP contribution in [0.1, 0.15) is 18.5 Å². The molecule has 158 valence electrons. The lowest BCUT2D eigenvalue weighted by atomic mass is 9.98. The summed E-state index contributed by atoms with van der Waals surface area (Å²) < 4.78 is 42.2. The smallest absolute Gasteiger partial charge is 0.244 e. The van der Waals surface area contributed by atoms with E-state index in [9.17, 15) is 22.8 Å². The summed E-state index contributed by atoms with van der Waals surface area (Å²) in [6.45, 7) is 1.03. The number of halogens is 4. The zero-order valence-corrected chi connectivity index (χ0v) is 16.8. The molecule has 1 aliphatic rings. The number of amides is 2. The zero-order valence-electron chi connectivity index (χ0n) is 16.0. The SMILES string of the molecule is C[C@@H]1C(=O)N(CC(=O)Nc2ccc(Cl)c(F)c2)c2ccnc(F)c2-c2cc(F)cnc21. The van der Waals surface area contributed by atoms with Crippen LogP contribution in [0.15, 0.2) is 42.7 Å². The minimum atomic E-state index is -0.932. The molecule has 4 rings (SSSR count). The van der Waals surface area contributed by atoms with Crippen LogP contribution in [0.2, 0.25) is 5.02 Å². The van der Waals surface area contributed by atoms with E-state index in [1.54, 1.807) is 0 Å². The van der Waals surface area contributed by atoms with Crippen LogP contribution in [-0.2, 0) is 9.59 Å². The summed E-state index contributed by atoms with van der Waals surface area (Å²) in [7, 11) is 0. The van der Waals surface area contributed by atoms with Crippen LogP contribution < -0.4 is 10.2 Å². The number of anilines is 2. The largest absolute Gasteiger partial charge is 0.324 e. The van der Waals surface area contributed by atoms with Crippen molar-refractivity contribution in [2.75, 3.05) is 16.8 Å². The van der Waals surface area contributed by atoms with Gasteiger partial charge in [0, 0.05) is 17.4 Å². The van der Waals surface area contributed by atoms with Gasteiger partial charge in [0.2, 0.25) is 17.8 Å². The minimum Gasteiger partial charge on any atom is -0.324 e. The van der Waals surface area contributed by atoms with E-state index in [1.807, 2.05) is 0 Å². The Morgan fingerprint density at radius 2 is 1.97 bits per heavy atom. The second-order valence-electron chi connectivity index (χ2n) is 6.91. The lowest BCUT2D eigenvalue weighted by molar-refractivity contribution is -0.122. The van der Waals surface area contributed by atoms with E-state index in [0.717, 1.165) is 29.4 Å². The van der Waals surface area contributed by atoms with Gasteiger partial charge < -0.3 is 10.2 Å². The second kappa shape index (κ2) is 7.99. The van der Waals surface area contributed by atoms with Crippen LogP contribution in [0.4, 0.5) is 24.5 Å². The Kier molecular flexibility index (Phi) is 5.36. The number of carbonyl (C=O) groups is 2. The van der Waals surface area contributed by atoms with E-state index in [0.29, 0.717) is 0 Å². The number of hydrogen-bond acceptors (Lipinski definition) is 4. The molecular weight excluding hydrogens is 433 g/mol. The maximum Gasteiger partial charge on any atom is 0.244 e. The fourth-order valence-electron chi connectivity index (χ4n) is 3.45. The van der Waals surface area contributed by atoms with Crippen molar-refractivity contribution in [3.05, 3.63) is 71.0 Å². The molecule has 1 aromatic carbocycles. The third-order valence-corrected chi connectivity index (χ3v) is 5.19. The summed E-state index contributed by atoms with van der Waals surface area (Å²) in [5.74, 6) is -4.44. The van der Waals surface area contributed by atoms with Crippen molar-refractivity contribution in [3.8, 4) is 11.1 Å². The summed E-state index contributed by atoms with van der Waals surface area (Å²) in [4.78, 5) is 34.4. The summed E-state index contributed by atoms with van der Waals surface area (Å²) >= 11 is 5.64. The Morgan fingerprint density at radius 3 is 2.71 bits per heavy atom. The van der Waals surface area contributed by atoms with Crippen LogP contribution in [0, 0.1) is 17.6 Å². The van der Waals surface area contributed by atoms with E-state index >= 15 is 0 Å². The molecule has 0 radical (unpaired) electrons. The predicted molar refractivity (Wildman–Crippen MR) is 108 cm³/mol. The van der Waals surface area contributed by atoms with Crippen molar-refractivity contribution in [3.63, 3.8) is 0 Å². The molecule has 6 nitrogen and oxygen atoms in total. The third-order valence-electron chi connectivity index (χ3n) is 4.88. The fraction of sp³-hybridized carbons (Fsp3) is 0.143. The fourth-order valence-corrected chi connectivity index (χ4v) is 3.56. The molecule has 0 aliphatic carbocycles. The topological polar surface area (TPSA) is 75.2 Å². The summed E-state index contributed by atoms with van der Waals surface area (Å²) in [5.41, 5.74) is 0.308. The highest BCUT2D eigenvalue weighted by Gasteiger charge is 2.35. The van der Waals surface area contributed by atoms with Crippen LogP contribution in [-0.4, -0.2) is 28.3 Å². The van der Waals surface area contributed by atoms with Crippen molar-refractivity contribution in [1.29, 1.82) is 0 Å². The minimum absolute atomic E-state index is 0.0490. The third kappa shape index (κ3) is 3.84. The van der Waals surface area contributed by atoms with Gasteiger partial charge in [0.25, 0.3) is 0 Å². The van der Waals surface area contributed by atoms with Gasteiger partial charge in [0.15, 0.2) is 0 Å². The molecule has 0 saturated heterocycles. The van der Waals surface area contributed by atoms with E-state index in [-0.39, 0.29) is 33.2 Å². The number of fused-ring (bicyclic) bond motifs is 3. The normalized spacial score (nSPS) is 15.2. The van der Waals surface area contributed by atoms with Gasteiger partial charge >= 0.3 is 0 Å². The highest BCUT2D eigenvalue weighted by Crippen LogP contribution is 2.41. The molecular formula is C21H14ClF3N4O2. The van der Waals surface area contributed by atoms with Crippen molar-refractivity contribution in [2.45, 2.75) is 12.8 Å². The lowest BCUT2D eigenvalue weighted by Gasteiger charge is -2.24. The first kappa shape index (κ1) is 20.8. The Morgan fingerprint density at radius 1 is 1.19 bits per heavy atom. The predicted octanol–water partition coefficient (Wildman–Crippen LogP) is 4.30. The van der Waals surface area contributed by atoms with E-state index in [4.69, 9.17) is 11.6 Å². The molecule has 3 aromatic rings. The number of rotatable bonds is 3. The summed E-state index contributed by atoms with van der Waals surface area (Å²) in [6, 6.07) is 6.15. The Labute approximate surface area is 179 Å². The van der Waals surface area contributed by atoms with E-state index in [1.165, 1.54) is 25.1 Å². The van der Waals surface area contributed by atoms with Gasteiger partial charge in [-0.25, -0.2) is 13.8 Å². The Hall–Kier alpha value is -3.46. The number of carbonyl (C=O) groups excluding carboxylic acids is 2. The average molecular weight is 447 g/mol. The van der Waals surface area contributed by atoms with Gasteiger partial charge in [-0.05, 0) is 37.3 Å². The first-order valence-corrected chi connectivity index (χ1v) is 9.50. The summed E-state index contributed by atoms with van der Waals surface area (Å²) in [6.07, 6.45) is 2.08. The van der Waals surface area contributed by atoms with Gasteiger partial charge in [-0.2, -0.15) is 4.39 Å². The number of aromatic nitrogens is 2. The monoisotopic (exact) mass is 446 g/mol. The van der Waals surface area contributed by atoms with E-state index in [2.05, 4.69) is 15.3 Å². The van der Waals surface area contributed by atoms with Crippen LogP contribution >= 0.6 is 11.6 Å². The highest BCUT2D eigenvalue weighted by molar-refractivity contribution is 6.30. The maximum atomic E-state index is 14.7. The lowest BCUT2D eigenvalue weighted by Crippen LogP contribution is -2.40. The molecule has 0 fully saturated rings. The number of hydrogen-bond donors (Lipinski definition) is 1. The van der Waals surface area contributed by atoms with Crippen LogP contribution in [0.25, 0.3) is 11.1 Å². The zero-order chi connectivity index (χ0) is 22.3. The average Bonchev–Trinajstić information content (AvgIpc) is 2.81. The van der Waals surface area contributed by atoms with Gasteiger partial charge in [0.1, 0.15) is 18.2 Å². The van der Waals surface area contributed by atoms with Gasteiger partial charge in [-0.1, -0.05) is 11.6 Å². The second-order valence-corrected chi connectivity index (χ2v) is 7.31. The Bertz CT molecular complexity index is 1220. The number of nitrogens with zero attached hydrogens (tertiary/aromatic N) is 3. The van der Waals surface area contributed by atoms with Crippen molar-refractivity contribution < 1.29 is 22.8 Å². The highest BCUT2D eigenvalue weighted by atomic mass is 35.5.